The number of fused-ring (bicyclic) bond motifs is 4. The summed E-state index contributed by atoms with van der Waals surface area (Å²) in [7, 11) is 0. The topological polar surface area (TPSA) is 389 Å². The molecule has 13 saturated carbocycles. The minimum atomic E-state index is -1.28. The first-order valence-electron chi connectivity index (χ1n) is 51.0. The van der Waals surface area contributed by atoms with Gasteiger partial charge in [0.15, 0.2) is 18.8 Å². The van der Waals surface area contributed by atoms with Gasteiger partial charge in [-0.1, -0.05) is 83.1 Å². The van der Waals surface area contributed by atoms with E-state index in [2.05, 4.69) is 55.4 Å². The molecule has 0 aromatic heterocycles. The number of hydrogen-bond donors (Lipinski definition) is 4. The molecule has 4 saturated heterocycles. The van der Waals surface area contributed by atoms with Gasteiger partial charge in [0.25, 0.3) is 0 Å². The van der Waals surface area contributed by atoms with Crippen LogP contribution in [0.5, 0.6) is 0 Å². The van der Waals surface area contributed by atoms with E-state index in [0.29, 0.717) is 38.5 Å². The average molecular weight is 1880 g/mol. The van der Waals surface area contributed by atoms with Crippen LogP contribution in [0.15, 0.2) is 0 Å². The molecule has 28 heteroatoms. The third-order valence-electron chi connectivity index (χ3n) is 35.0. The summed E-state index contributed by atoms with van der Waals surface area (Å²) in [6, 6.07) is 0. The summed E-state index contributed by atoms with van der Waals surface area (Å²) >= 11 is 0. The van der Waals surface area contributed by atoms with Crippen molar-refractivity contribution >= 4 is 65.8 Å². The van der Waals surface area contributed by atoms with E-state index in [9.17, 15) is 73.2 Å². The molecule has 0 aromatic carbocycles. The number of aliphatic hydroxyl groups excluding tert-OH is 2. The first kappa shape index (κ1) is 110. The van der Waals surface area contributed by atoms with Gasteiger partial charge in [-0.15, -0.1) is 0 Å². The standard InChI is InChI=1S/C19H32O2.C16H22O7.C16H26O4.C15H28O2.C13H16O9.2C13H24O2/c1-6-17(2,3)16(20)21-18(4,5)19-10-13-7-14(11-19)9-15(8-13)12-19;1-3-16(2,7-17)15(20)21-6-11(18)22-12-8-4-9-10(5-8)14(19)23-13(9)12;1-4-13(2,3)12(17)20-16-7-11-5-14(18,9-16)8-15(19,6-11)10-16;1-7-14(5,6)12(16)17-15(13(2,3)4)10-8-9-11-15;1-3-13(2,4-14)11(16)20-7-5-6(18-9(7)15)8-10(19-5)22-12(17)21-8;2*1-5-12(3,4)11(14)15-13(6-2)9-7-8-10-13/h13-15H,6-12H2,1-5H3;8-10,12-13,17H,3-7H2,1-2H3;11,18-19H,4-10H2,1-3H3;7-11H2,1-6H3;5-8,10,14H,3-4H2,1-2H3;2*5-10H2,1-4H3. The summed E-state index contributed by atoms with van der Waals surface area (Å²) in [6.07, 6.45) is 27.0. The molecule has 760 valence electrons. The number of esters is 10. The monoisotopic (exact) mass is 1880 g/mol. The average Bonchev–Trinajstić information content (AvgIpc) is 1.69. The zero-order chi connectivity index (χ0) is 99.5. The van der Waals surface area contributed by atoms with Crippen molar-refractivity contribution in [3.05, 3.63) is 0 Å². The summed E-state index contributed by atoms with van der Waals surface area (Å²) in [4.78, 5) is 132. The molecule has 13 aliphatic carbocycles. The molecular weight excluding hydrogens is 1710 g/mol. The van der Waals surface area contributed by atoms with Crippen LogP contribution in [0.2, 0.25) is 0 Å². The van der Waals surface area contributed by atoms with E-state index in [-0.39, 0.29) is 127 Å². The Bertz CT molecular complexity index is 3950. The van der Waals surface area contributed by atoms with E-state index in [4.69, 9.17) is 61.6 Å². The molecule has 17 rings (SSSR count). The fraction of sp³-hybridized carbons (Fsp3) is 0.895. The maximum atomic E-state index is 12.6. The van der Waals surface area contributed by atoms with Gasteiger partial charge in [-0.2, -0.15) is 0 Å². The summed E-state index contributed by atoms with van der Waals surface area (Å²) in [6.45, 7) is 50.3. The molecule has 10 bridgehead atoms. The van der Waals surface area contributed by atoms with Crippen LogP contribution in [0, 0.1) is 90.2 Å². The van der Waals surface area contributed by atoms with Gasteiger partial charge in [0, 0.05) is 41.9 Å². The Hall–Kier alpha value is -6.23. The first-order valence-corrected chi connectivity index (χ1v) is 51.0. The number of hydrogen-bond acceptors (Lipinski definition) is 28. The lowest BCUT2D eigenvalue weighted by Gasteiger charge is -2.62. The number of rotatable bonds is 28. The molecule has 0 spiro atoms. The summed E-state index contributed by atoms with van der Waals surface area (Å²) in [5.41, 5.74) is -6.89. The lowest BCUT2D eigenvalue weighted by Crippen LogP contribution is -2.67. The smallest absolute Gasteiger partial charge is 0.459 e. The molecule has 4 aliphatic heterocycles. The number of ether oxygens (including phenoxy) is 13. The Labute approximate surface area is 793 Å². The maximum absolute atomic E-state index is 12.6. The quantitative estimate of drug-likeness (QED) is 0.0417. The SMILES string of the molecule is CCC(C)(C)C(=O)OC(C)(C)C12CC3CC(CC(C3)C1)C2.CCC(C)(C)C(=O)OC1(C(C)(C)C)CCCC1.CCC(C)(C)C(=O)OC12CC3CC(O)(CC(O)(C3)C1)C2.CCC(C)(CO)C(=O)OC1C(=O)OC2C3OC(=O)OC3OC12.CCC(C)(CO)C(=O)OCC(=O)OC1C2CC3C(=O)OC1C3C2.CCC1(OC(=O)C(C)(C)CC)CCCC1.CCC1(OC(=O)C(C)(C)CC)CCCC1. The molecule has 4 heterocycles. The van der Waals surface area contributed by atoms with Crippen LogP contribution >= 0.6 is 0 Å². The van der Waals surface area contributed by atoms with Crippen molar-refractivity contribution < 1.29 is 135 Å². The van der Waals surface area contributed by atoms with E-state index >= 15 is 0 Å². The van der Waals surface area contributed by atoms with Gasteiger partial charge in [-0.25, -0.2) is 14.4 Å². The number of carbonyl (C=O) groups excluding carboxylic acids is 11. The summed E-state index contributed by atoms with van der Waals surface area (Å²) in [5, 5.41) is 39.9. The maximum Gasteiger partial charge on any atom is 0.511 e. The molecule has 0 amide bonds. The first-order chi connectivity index (χ1) is 61.6. The highest BCUT2D eigenvalue weighted by Gasteiger charge is 2.68. The second-order valence-electron chi connectivity index (χ2n) is 48.1. The number of aliphatic hydroxyl groups is 4. The Balaban J connectivity index is 0.000000175. The molecule has 0 radical (unpaired) electrons. The van der Waals surface area contributed by atoms with Gasteiger partial charge in [0.05, 0.1) is 68.2 Å². The van der Waals surface area contributed by atoms with Crippen molar-refractivity contribution in [2.45, 2.75) is 487 Å². The molecule has 17 aliphatic rings. The van der Waals surface area contributed by atoms with Crippen molar-refractivity contribution in [3.63, 3.8) is 0 Å². The van der Waals surface area contributed by atoms with E-state index in [1.807, 2.05) is 96.9 Å². The number of carbonyl (C=O) groups is 11. The summed E-state index contributed by atoms with van der Waals surface area (Å²) < 4.78 is 70.5. The van der Waals surface area contributed by atoms with E-state index in [1.54, 1.807) is 20.8 Å². The van der Waals surface area contributed by atoms with Gasteiger partial charge in [-0.3, -0.25) is 38.4 Å². The zero-order valence-corrected chi connectivity index (χ0v) is 86.0. The highest BCUT2D eigenvalue weighted by molar-refractivity contribution is 5.85. The fourth-order valence-electron chi connectivity index (χ4n) is 23.2. The highest BCUT2D eigenvalue weighted by Crippen LogP contribution is 2.66. The highest BCUT2D eigenvalue weighted by atomic mass is 16.9. The van der Waals surface area contributed by atoms with Crippen LogP contribution < -0.4 is 0 Å². The van der Waals surface area contributed by atoms with Crippen LogP contribution in [0.25, 0.3) is 0 Å². The molecule has 4 N–H and O–H groups in total. The van der Waals surface area contributed by atoms with Gasteiger partial charge in [0.1, 0.15) is 40.2 Å². The Morgan fingerprint density at radius 1 is 0.406 bits per heavy atom. The molecule has 133 heavy (non-hydrogen) atoms. The van der Waals surface area contributed by atoms with Crippen LogP contribution in [0.3, 0.4) is 0 Å². The van der Waals surface area contributed by atoms with Crippen LogP contribution in [-0.4, -0.2) is 188 Å². The third-order valence-corrected chi connectivity index (χ3v) is 35.0. The van der Waals surface area contributed by atoms with Crippen LogP contribution in [0.1, 0.15) is 405 Å². The van der Waals surface area contributed by atoms with Gasteiger partial charge in [-0.05, 0) is 326 Å². The molecule has 14 atom stereocenters. The largest absolute Gasteiger partial charge is 0.511 e. The molecule has 14 unspecified atom stereocenters. The van der Waals surface area contributed by atoms with Crippen molar-refractivity contribution in [1.29, 1.82) is 0 Å². The van der Waals surface area contributed by atoms with Gasteiger partial charge < -0.3 is 82.0 Å². The Morgan fingerprint density at radius 2 is 0.827 bits per heavy atom. The third kappa shape index (κ3) is 24.6. The van der Waals surface area contributed by atoms with E-state index in [0.717, 1.165) is 127 Å². The van der Waals surface area contributed by atoms with Crippen LogP contribution in [-0.2, 0) is 110 Å². The second-order valence-corrected chi connectivity index (χ2v) is 48.1. The molecular formula is C105H172O28. The van der Waals surface area contributed by atoms with Gasteiger partial charge >= 0.3 is 65.8 Å². The lowest BCUT2D eigenvalue weighted by molar-refractivity contribution is -0.264. The fourth-order valence-corrected chi connectivity index (χ4v) is 23.2. The minimum absolute atomic E-state index is 0.00857. The predicted molar refractivity (Wildman–Crippen MR) is 494 cm³/mol. The Morgan fingerprint density at radius 3 is 1.25 bits per heavy atom. The van der Waals surface area contributed by atoms with Gasteiger partial charge in [0.2, 0.25) is 18.5 Å². The van der Waals surface area contributed by atoms with E-state index in [1.165, 1.54) is 84.0 Å². The lowest BCUT2D eigenvalue weighted by atomic mass is 9.46. The molecule has 17 fully saturated rings. The zero-order valence-electron chi connectivity index (χ0n) is 86.0. The Kier molecular flexibility index (Phi) is 34.9. The molecule has 0 aromatic rings. The van der Waals surface area contributed by atoms with Crippen molar-refractivity contribution in [1.82, 2.24) is 0 Å². The van der Waals surface area contributed by atoms with Crippen molar-refractivity contribution in [3.8, 4) is 0 Å². The second kappa shape index (κ2) is 42.1. The van der Waals surface area contributed by atoms with Crippen molar-refractivity contribution in [2.24, 2.45) is 90.2 Å². The normalized spacial score (nSPS) is 32.9. The predicted octanol–water partition coefficient (Wildman–Crippen LogP) is 18.8. The van der Waals surface area contributed by atoms with E-state index < -0.39 is 113 Å². The summed E-state index contributed by atoms with van der Waals surface area (Å²) in [5.74, 6) is 0.00593. The molecule has 28 nitrogen and oxygen atoms in total. The van der Waals surface area contributed by atoms with Crippen LogP contribution in [0.4, 0.5) is 4.79 Å². The van der Waals surface area contributed by atoms with Crippen molar-refractivity contribution in [2.75, 3.05) is 19.8 Å². The minimum Gasteiger partial charge on any atom is -0.459 e.